The molecular weight excluding hydrogens is 310 g/mol. The molecule has 1 heterocycles. The van der Waals surface area contributed by atoms with Gasteiger partial charge >= 0.3 is 12.1 Å². The van der Waals surface area contributed by atoms with E-state index in [2.05, 4.69) is 5.43 Å². The van der Waals surface area contributed by atoms with Crippen LogP contribution in [0.15, 0.2) is 30.3 Å². The molecule has 1 saturated heterocycles. The van der Waals surface area contributed by atoms with Gasteiger partial charge in [0.15, 0.2) is 0 Å². The fourth-order valence-corrected chi connectivity index (χ4v) is 2.44. The van der Waals surface area contributed by atoms with Gasteiger partial charge < -0.3 is 14.7 Å². The Morgan fingerprint density at radius 1 is 1.12 bits per heavy atom. The summed E-state index contributed by atoms with van der Waals surface area (Å²) in [6.07, 6.45) is -0.333. The lowest BCUT2D eigenvalue weighted by atomic mass is 10.1. The first-order valence-corrected chi connectivity index (χ1v) is 8.03. The standard InChI is InChI=1S/C17H25N3O4/c1-17(2,3)24-16(23)19-9-11-20(12-10-19)18-14(15(21)22)13-7-5-4-6-8-13/h4-8,14,18H,9-12H2,1-3H3,(H,21,22). The molecule has 0 aliphatic carbocycles. The van der Waals surface area contributed by atoms with Crippen LogP contribution in [0.5, 0.6) is 0 Å². The Morgan fingerprint density at radius 3 is 2.21 bits per heavy atom. The van der Waals surface area contributed by atoms with Crippen LogP contribution in [-0.2, 0) is 9.53 Å². The highest BCUT2D eigenvalue weighted by Crippen LogP contribution is 2.15. The van der Waals surface area contributed by atoms with E-state index in [9.17, 15) is 14.7 Å². The molecule has 2 rings (SSSR count). The molecule has 1 aliphatic heterocycles. The molecular formula is C17H25N3O4. The van der Waals surface area contributed by atoms with Crippen molar-refractivity contribution >= 4 is 12.1 Å². The number of nitrogens with one attached hydrogen (secondary N) is 1. The fourth-order valence-electron chi connectivity index (χ4n) is 2.44. The van der Waals surface area contributed by atoms with Gasteiger partial charge in [0.1, 0.15) is 11.6 Å². The quantitative estimate of drug-likeness (QED) is 0.874. The first-order chi connectivity index (χ1) is 11.3. The number of aliphatic carboxylic acids is 1. The number of carbonyl (C=O) groups is 2. The number of carboxylic acids is 1. The van der Waals surface area contributed by atoms with Crippen molar-refractivity contribution in [3.63, 3.8) is 0 Å². The summed E-state index contributed by atoms with van der Waals surface area (Å²) < 4.78 is 5.36. The average Bonchev–Trinajstić information content (AvgIpc) is 2.52. The number of ether oxygens (including phenoxy) is 1. The molecule has 0 aromatic heterocycles. The Balaban J connectivity index is 1.90. The molecule has 7 nitrogen and oxygen atoms in total. The summed E-state index contributed by atoms with van der Waals surface area (Å²) in [6.45, 7) is 7.55. The number of hydrogen-bond acceptors (Lipinski definition) is 5. The Bertz CT molecular complexity index is 563. The van der Waals surface area contributed by atoms with E-state index in [4.69, 9.17) is 4.74 Å². The SMILES string of the molecule is CC(C)(C)OC(=O)N1CCN(NC(C(=O)O)c2ccccc2)CC1. The smallest absolute Gasteiger partial charge is 0.410 e. The monoisotopic (exact) mass is 335 g/mol. The van der Waals surface area contributed by atoms with E-state index >= 15 is 0 Å². The first-order valence-electron chi connectivity index (χ1n) is 8.03. The molecule has 24 heavy (non-hydrogen) atoms. The molecule has 2 N–H and O–H groups in total. The van der Waals surface area contributed by atoms with E-state index in [1.165, 1.54) is 0 Å². The predicted molar refractivity (Wildman–Crippen MR) is 89.3 cm³/mol. The van der Waals surface area contributed by atoms with Crippen LogP contribution in [-0.4, -0.2) is 58.9 Å². The normalized spacial score (nSPS) is 17.4. The minimum Gasteiger partial charge on any atom is -0.480 e. The maximum atomic E-state index is 12.0. The van der Waals surface area contributed by atoms with Gasteiger partial charge in [-0.05, 0) is 26.3 Å². The number of benzene rings is 1. The third-order valence-corrected chi connectivity index (χ3v) is 3.62. The second-order valence-corrected chi connectivity index (χ2v) is 6.77. The Morgan fingerprint density at radius 2 is 1.71 bits per heavy atom. The van der Waals surface area contributed by atoms with Crippen LogP contribution in [0.1, 0.15) is 32.4 Å². The lowest BCUT2D eigenvalue weighted by Crippen LogP contribution is -2.55. The van der Waals surface area contributed by atoms with Gasteiger partial charge in [-0.3, -0.25) is 4.79 Å². The summed E-state index contributed by atoms with van der Waals surface area (Å²) in [5.74, 6) is -0.934. The molecule has 1 unspecified atom stereocenters. The molecule has 0 bridgehead atoms. The molecule has 132 valence electrons. The number of carbonyl (C=O) groups excluding carboxylic acids is 1. The van der Waals surface area contributed by atoms with Gasteiger partial charge in [0.25, 0.3) is 0 Å². The lowest BCUT2D eigenvalue weighted by molar-refractivity contribution is -0.141. The van der Waals surface area contributed by atoms with Gasteiger partial charge in [-0.25, -0.2) is 15.2 Å². The Kier molecular flexibility index (Phi) is 5.80. The van der Waals surface area contributed by atoms with E-state index in [1.807, 2.05) is 44.0 Å². The van der Waals surface area contributed by atoms with Crippen LogP contribution >= 0.6 is 0 Å². The van der Waals surface area contributed by atoms with Crippen LogP contribution in [0.4, 0.5) is 4.79 Å². The molecule has 1 atom stereocenters. The molecule has 0 radical (unpaired) electrons. The number of amides is 1. The van der Waals surface area contributed by atoms with Gasteiger partial charge in [-0.1, -0.05) is 30.3 Å². The Labute approximate surface area is 142 Å². The summed E-state index contributed by atoms with van der Waals surface area (Å²) in [5, 5.41) is 11.3. The largest absolute Gasteiger partial charge is 0.480 e. The first kappa shape index (κ1) is 18.2. The Hall–Kier alpha value is -2.12. The summed E-state index contributed by atoms with van der Waals surface area (Å²) in [7, 11) is 0. The van der Waals surface area contributed by atoms with Crippen LogP contribution in [0.3, 0.4) is 0 Å². The van der Waals surface area contributed by atoms with Crippen molar-refractivity contribution in [2.24, 2.45) is 0 Å². The number of carboxylic acid groups (broad SMARTS) is 1. The minimum atomic E-state index is -0.934. The van der Waals surface area contributed by atoms with E-state index in [0.29, 0.717) is 31.7 Å². The van der Waals surface area contributed by atoms with Gasteiger partial charge in [0, 0.05) is 26.2 Å². The summed E-state index contributed by atoms with van der Waals surface area (Å²) in [6, 6.07) is 8.23. The highest BCUT2D eigenvalue weighted by atomic mass is 16.6. The molecule has 0 saturated carbocycles. The summed E-state index contributed by atoms with van der Waals surface area (Å²) in [5.41, 5.74) is 3.21. The fraction of sp³-hybridized carbons (Fsp3) is 0.529. The van der Waals surface area contributed by atoms with Crippen molar-refractivity contribution in [2.45, 2.75) is 32.4 Å². The van der Waals surface area contributed by atoms with Crippen LogP contribution < -0.4 is 5.43 Å². The molecule has 1 aliphatic rings. The van der Waals surface area contributed by atoms with Crippen molar-refractivity contribution in [2.75, 3.05) is 26.2 Å². The van der Waals surface area contributed by atoms with E-state index in [1.54, 1.807) is 17.0 Å². The van der Waals surface area contributed by atoms with Crippen molar-refractivity contribution in [3.05, 3.63) is 35.9 Å². The number of hydrazine groups is 1. The highest BCUT2D eigenvalue weighted by molar-refractivity contribution is 5.75. The number of nitrogens with zero attached hydrogens (tertiary/aromatic N) is 2. The van der Waals surface area contributed by atoms with Crippen molar-refractivity contribution in [1.29, 1.82) is 0 Å². The molecule has 1 amide bonds. The second-order valence-electron chi connectivity index (χ2n) is 6.77. The zero-order chi connectivity index (χ0) is 17.7. The summed E-state index contributed by atoms with van der Waals surface area (Å²) >= 11 is 0. The topological polar surface area (TPSA) is 82.1 Å². The lowest BCUT2D eigenvalue weighted by Gasteiger charge is -2.36. The van der Waals surface area contributed by atoms with Crippen LogP contribution in [0, 0.1) is 0 Å². The van der Waals surface area contributed by atoms with Crippen molar-refractivity contribution in [3.8, 4) is 0 Å². The molecule has 7 heteroatoms. The summed E-state index contributed by atoms with van der Waals surface area (Å²) in [4.78, 5) is 25.2. The van der Waals surface area contributed by atoms with Crippen LogP contribution in [0.25, 0.3) is 0 Å². The zero-order valence-corrected chi connectivity index (χ0v) is 14.4. The minimum absolute atomic E-state index is 0.333. The molecule has 1 aromatic carbocycles. The third-order valence-electron chi connectivity index (χ3n) is 3.62. The van der Waals surface area contributed by atoms with Gasteiger partial charge in [-0.15, -0.1) is 0 Å². The van der Waals surface area contributed by atoms with Crippen LogP contribution in [0.2, 0.25) is 0 Å². The van der Waals surface area contributed by atoms with E-state index in [-0.39, 0.29) is 6.09 Å². The predicted octanol–water partition coefficient (Wildman–Crippen LogP) is 1.87. The maximum absolute atomic E-state index is 12.0. The highest BCUT2D eigenvalue weighted by Gasteiger charge is 2.28. The second kappa shape index (κ2) is 7.63. The molecule has 1 fully saturated rings. The van der Waals surface area contributed by atoms with Gasteiger partial charge in [0.2, 0.25) is 0 Å². The zero-order valence-electron chi connectivity index (χ0n) is 14.4. The number of rotatable bonds is 4. The third kappa shape index (κ3) is 5.21. The molecule has 0 spiro atoms. The number of piperazine rings is 1. The van der Waals surface area contributed by atoms with E-state index < -0.39 is 17.6 Å². The van der Waals surface area contributed by atoms with Crippen molar-refractivity contribution in [1.82, 2.24) is 15.3 Å². The molecule has 1 aromatic rings. The average molecular weight is 335 g/mol. The van der Waals surface area contributed by atoms with Crippen molar-refractivity contribution < 1.29 is 19.4 Å². The number of hydrogen-bond donors (Lipinski definition) is 2. The maximum Gasteiger partial charge on any atom is 0.410 e. The van der Waals surface area contributed by atoms with Gasteiger partial charge in [0.05, 0.1) is 0 Å². The van der Waals surface area contributed by atoms with Gasteiger partial charge in [-0.2, -0.15) is 0 Å². The van der Waals surface area contributed by atoms with E-state index in [0.717, 1.165) is 0 Å².